The fourth-order valence-electron chi connectivity index (χ4n) is 2.39. The summed E-state index contributed by atoms with van der Waals surface area (Å²) in [6.07, 6.45) is 0. The van der Waals surface area contributed by atoms with Gasteiger partial charge in [-0.05, 0) is 5.19 Å². The molecule has 0 radical (unpaired) electrons. The summed E-state index contributed by atoms with van der Waals surface area (Å²) >= 11 is -1.56. The van der Waals surface area contributed by atoms with Crippen LogP contribution in [0, 0.1) is 0 Å². The Morgan fingerprint density at radius 3 is 1.39 bits per heavy atom. The van der Waals surface area contributed by atoms with Crippen molar-refractivity contribution < 1.29 is 3.48 Å². The summed E-state index contributed by atoms with van der Waals surface area (Å²) in [6, 6.07) is 31.9. The van der Waals surface area contributed by atoms with Crippen molar-refractivity contribution in [3.8, 4) is 0 Å². The van der Waals surface area contributed by atoms with Gasteiger partial charge >= 0.3 is 14.5 Å². The van der Waals surface area contributed by atoms with Crippen molar-refractivity contribution in [3.63, 3.8) is 0 Å². The Bertz CT molecular complexity index is 629. The molecule has 0 aromatic heterocycles. The third kappa shape index (κ3) is 5.82. The van der Waals surface area contributed by atoms with Gasteiger partial charge in [-0.15, -0.1) is 24.8 Å². The summed E-state index contributed by atoms with van der Waals surface area (Å²) in [4.78, 5) is 0. The molecule has 3 rings (SSSR count). The second kappa shape index (κ2) is 10.7. The molecule has 0 saturated heterocycles. The maximum absolute atomic E-state index is 6.48. The number of halogens is 2. The van der Waals surface area contributed by atoms with Gasteiger partial charge in [0.05, 0.1) is 0 Å². The van der Waals surface area contributed by atoms with Crippen LogP contribution in [-0.4, -0.2) is 24.2 Å². The molecule has 0 saturated carbocycles. The molecule has 5 heteroatoms. The van der Waals surface area contributed by atoms with Gasteiger partial charge in [0.2, 0.25) is 0 Å². The highest BCUT2D eigenvalue weighted by Crippen LogP contribution is 1.94. The molecule has 0 bridgehead atoms. The topological polar surface area (TPSA) is 9.23 Å². The van der Waals surface area contributed by atoms with E-state index in [0.717, 1.165) is 0 Å². The van der Waals surface area contributed by atoms with E-state index >= 15 is 0 Å². The van der Waals surface area contributed by atoms with Crippen molar-refractivity contribution >= 4 is 63.1 Å². The van der Waals surface area contributed by atoms with Gasteiger partial charge in [-0.25, -0.2) is 0 Å². The predicted octanol–water partition coefficient (Wildman–Crippen LogP) is 2.06. The van der Waals surface area contributed by atoms with Gasteiger partial charge in [0, 0.05) is 0 Å². The lowest BCUT2D eigenvalue weighted by molar-refractivity contribution is 0.648. The first-order chi connectivity index (χ1) is 10.4. The van der Waals surface area contributed by atoms with Gasteiger partial charge in [-0.2, -0.15) is 0 Å². The Balaban J connectivity index is 0.00000132. The normalized spacial score (nSPS) is 9.91. The van der Waals surface area contributed by atoms with Crippen LogP contribution in [0.25, 0.3) is 0 Å². The van der Waals surface area contributed by atoms with Crippen LogP contribution in [0.1, 0.15) is 0 Å². The molecule has 0 spiro atoms. The fourth-order valence-corrected chi connectivity index (χ4v) is 7.36. The summed E-state index contributed by atoms with van der Waals surface area (Å²) in [6.45, 7) is 0. The monoisotopic (exact) mass is 376 g/mol. The van der Waals surface area contributed by atoms with E-state index in [-0.39, 0.29) is 24.8 Å². The maximum atomic E-state index is 6.48. The van der Waals surface area contributed by atoms with Gasteiger partial charge in [-0.3, -0.25) is 0 Å². The molecule has 3 aromatic carbocycles. The van der Waals surface area contributed by atoms with Crippen molar-refractivity contribution in [2.75, 3.05) is 0 Å². The molecule has 118 valence electrons. The van der Waals surface area contributed by atoms with E-state index < -0.39 is 24.2 Å². The standard InChI is InChI=1S/C6H7OSi.2C6H5.Al.2ClH/c7-8-6-4-2-1-3-5-6;2*1-2-4-6-5-3-1;;;/h1-5H,8H2;2*1-5H;;2*1H/q-1;;;+1;;. The van der Waals surface area contributed by atoms with Crippen LogP contribution < -0.4 is 14.0 Å². The van der Waals surface area contributed by atoms with E-state index in [9.17, 15) is 0 Å². The van der Waals surface area contributed by atoms with E-state index in [4.69, 9.17) is 3.48 Å². The van der Waals surface area contributed by atoms with Crippen LogP contribution in [0.15, 0.2) is 91.0 Å². The Labute approximate surface area is 157 Å². The Kier molecular flexibility index (Phi) is 9.28. The van der Waals surface area contributed by atoms with Gasteiger partial charge in [0.15, 0.2) is 9.76 Å². The highest BCUT2D eigenvalue weighted by Gasteiger charge is 2.25. The Morgan fingerprint density at radius 2 is 0.957 bits per heavy atom. The molecular formula is C18H19AlCl2OSi. The summed E-state index contributed by atoms with van der Waals surface area (Å²) in [5.41, 5.74) is 0. The molecule has 0 amide bonds. The third-order valence-electron chi connectivity index (χ3n) is 3.46. The van der Waals surface area contributed by atoms with Crippen molar-refractivity contribution in [2.24, 2.45) is 0 Å². The Hall–Kier alpha value is -1.05. The number of rotatable bonds is 5. The van der Waals surface area contributed by atoms with E-state index in [0.29, 0.717) is 0 Å². The molecule has 0 N–H and O–H groups in total. The summed E-state index contributed by atoms with van der Waals surface area (Å²) in [5, 5.41) is 1.36. The third-order valence-corrected chi connectivity index (χ3v) is 8.25. The minimum absolute atomic E-state index is 0. The molecule has 0 fully saturated rings. The summed E-state index contributed by atoms with van der Waals surface area (Å²) in [5.74, 6) is 0. The molecule has 0 heterocycles. The molecular weight excluding hydrogens is 358 g/mol. The van der Waals surface area contributed by atoms with Crippen LogP contribution >= 0.6 is 24.8 Å². The van der Waals surface area contributed by atoms with Crippen LogP contribution in [0.3, 0.4) is 0 Å². The molecule has 0 aliphatic rings. The fraction of sp³-hybridized carbons (Fsp3) is 0. The smallest absolute Gasteiger partial charge is 0.533 e. The van der Waals surface area contributed by atoms with Crippen LogP contribution in [0.4, 0.5) is 0 Å². The van der Waals surface area contributed by atoms with Crippen molar-refractivity contribution in [3.05, 3.63) is 91.0 Å². The largest absolute Gasteiger partial charge is 0.540 e. The SMILES string of the molecule is Cl.Cl.c1ccc([SiH2][O][Al]([c]2ccccc2)[c]2ccccc2)cc1. The lowest BCUT2D eigenvalue weighted by Crippen LogP contribution is -2.47. The second-order valence-electron chi connectivity index (χ2n) is 5.00. The second-order valence-corrected chi connectivity index (χ2v) is 9.53. The van der Waals surface area contributed by atoms with Gasteiger partial charge in [0.1, 0.15) is 0 Å². The lowest BCUT2D eigenvalue weighted by Gasteiger charge is -2.14. The zero-order valence-electron chi connectivity index (χ0n) is 12.7. The molecule has 0 aliphatic carbocycles. The first-order valence-electron chi connectivity index (χ1n) is 7.19. The lowest BCUT2D eigenvalue weighted by atomic mass is 10.4. The molecule has 0 atom stereocenters. The van der Waals surface area contributed by atoms with E-state index in [1.807, 2.05) is 0 Å². The number of hydrogen-bond acceptors (Lipinski definition) is 1. The zero-order valence-corrected chi connectivity index (χ0v) is 16.9. The van der Waals surface area contributed by atoms with Crippen LogP contribution in [-0.2, 0) is 3.48 Å². The van der Waals surface area contributed by atoms with E-state index in [1.165, 1.54) is 14.0 Å². The summed E-state index contributed by atoms with van der Waals surface area (Å²) < 4.78 is 9.19. The molecule has 23 heavy (non-hydrogen) atoms. The highest BCUT2D eigenvalue weighted by atomic mass is 35.5. The quantitative estimate of drug-likeness (QED) is 0.619. The zero-order chi connectivity index (χ0) is 14.3. The minimum atomic E-state index is -1.56. The molecule has 1 nitrogen and oxygen atoms in total. The van der Waals surface area contributed by atoms with E-state index in [2.05, 4.69) is 91.0 Å². The van der Waals surface area contributed by atoms with Crippen molar-refractivity contribution in [1.82, 2.24) is 0 Å². The van der Waals surface area contributed by atoms with Gasteiger partial charge in [0.25, 0.3) is 0 Å². The number of benzene rings is 3. The van der Waals surface area contributed by atoms with Gasteiger partial charge < -0.3 is 3.48 Å². The summed E-state index contributed by atoms with van der Waals surface area (Å²) in [7, 11) is -0.685. The maximum Gasteiger partial charge on any atom is 0.533 e. The highest BCUT2D eigenvalue weighted by molar-refractivity contribution is 6.83. The molecule has 0 unspecified atom stereocenters. The minimum Gasteiger partial charge on any atom is -0.540 e. The molecule has 3 aromatic rings. The average molecular weight is 377 g/mol. The molecule has 0 aliphatic heterocycles. The Morgan fingerprint density at radius 1 is 0.565 bits per heavy atom. The number of hydrogen-bond donors (Lipinski definition) is 0. The predicted molar refractivity (Wildman–Crippen MR) is 108 cm³/mol. The average Bonchev–Trinajstić information content (AvgIpc) is 2.58. The van der Waals surface area contributed by atoms with E-state index in [1.54, 1.807) is 0 Å². The van der Waals surface area contributed by atoms with Crippen molar-refractivity contribution in [1.29, 1.82) is 0 Å². The van der Waals surface area contributed by atoms with Crippen LogP contribution in [0.2, 0.25) is 0 Å². The first-order valence-corrected chi connectivity index (χ1v) is 10.1. The van der Waals surface area contributed by atoms with Crippen molar-refractivity contribution in [2.45, 2.75) is 0 Å². The van der Waals surface area contributed by atoms with Crippen LogP contribution in [0.5, 0.6) is 0 Å². The first kappa shape index (κ1) is 20.0. The van der Waals surface area contributed by atoms with Gasteiger partial charge in [-0.1, -0.05) is 99.8 Å².